The van der Waals surface area contributed by atoms with Crippen LogP contribution in [0.2, 0.25) is 0 Å². The van der Waals surface area contributed by atoms with Crippen molar-refractivity contribution in [2.45, 2.75) is 32.6 Å². The number of halogens is 3. The normalized spacial score (nSPS) is 10.8. The van der Waals surface area contributed by atoms with Gasteiger partial charge in [0.2, 0.25) is 0 Å². The summed E-state index contributed by atoms with van der Waals surface area (Å²) in [5.41, 5.74) is 2.22. The van der Waals surface area contributed by atoms with Crippen LogP contribution in [0.4, 0.5) is 8.78 Å². The molecule has 0 radical (unpaired) electrons. The predicted molar refractivity (Wildman–Crippen MR) is 82.7 cm³/mol. The van der Waals surface area contributed by atoms with E-state index < -0.39 is 11.6 Å². The quantitative estimate of drug-likeness (QED) is 0.454. The first-order valence-electron chi connectivity index (χ1n) is 6.85. The third-order valence-electron chi connectivity index (χ3n) is 3.33. The summed E-state index contributed by atoms with van der Waals surface area (Å²) in [7, 11) is 0. The summed E-state index contributed by atoms with van der Waals surface area (Å²) in [4.78, 5) is 0. The van der Waals surface area contributed by atoms with Crippen molar-refractivity contribution in [3.63, 3.8) is 0 Å². The Hall–Kier alpha value is -1.22. The highest BCUT2D eigenvalue weighted by molar-refractivity contribution is 9.10. The van der Waals surface area contributed by atoms with E-state index in [0.717, 1.165) is 18.9 Å². The van der Waals surface area contributed by atoms with Gasteiger partial charge in [0.15, 0.2) is 11.6 Å². The van der Waals surface area contributed by atoms with E-state index in [0.29, 0.717) is 10.0 Å². The van der Waals surface area contributed by atoms with Crippen LogP contribution in [0.5, 0.6) is 0 Å². The van der Waals surface area contributed by atoms with Gasteiger partial charge in [0.05, 0.1) is 0 Å². The zero-order chi connectivity index (χ0) is 14.5. The van der Waals surface area contributed by atoms with E-state index in [1.807, 2.05) is 24.3 Å². The zero-order valence-electron chi connectivity index (χ0n) is 11.4. The van der Waals surface area contributed by atoms with E-state index in [9.17, 15) is 8.78 Å². The smallest absolute Gasteiger partial charge is 0.166 e. The standard InChI is InChI=1S/C17H17BrF2/c1-2-3-4-5-12-6-8-13(9-7-12)15-10-14(18)11-16(19)17(15)20/h6-11H,2-5H2,1H3. The van der Waals surface area contributed by atoms with Gasteiger partial charge in [0.1, 0.15) is 0 Å². The molecule has 106 valence electrons. The molecule has 0 spiro atoms. The number of benzene rings is 2. The second-order valence-electron chi connectivity index (χ2n) is 4.90. The van der Waals surface area contributed by atoms with Crippen LogP contribution < -0.4 is 0 Å². The van der Waals surface area contributed by atoms with Crippen molar-refractivity contribution in [1.82, 2.24) is 0 Å². The largest absolute Gasteiger partial charge is 0.204 e. The molecule has 0 saturated carbocycles. The van der Waals surface area contributed by atoms with Crippen molar-refractivity contribution in [3.05, 3.63) is 58.1 Å². The Bertz CT molecular complexity index is 576. The van der Waals surface area contributed by atoms with Crippen molar-refractivity contribution in [3.8, 4) is 11.1 Å². The van der Waals surface area contributed by atoms with Crippen molar-refractivity contribution in [2.75, 3.05) is 0 Å². The Kier molecular flexibility index (Phi) is 5.30. The molecule has 0 nitrogen and oxygen atoms in total. The SMILES string of the molecule is CCCCCc1ccc(-c2cc(Br)cc(F)c2F)cc1. The van der Waals surface area contributed by atoms with Gasteiger partial charge in [-0.05, 0) is 36.1 Å². The molecule has 0 aliphatic rings. The summed E-state index contributed by atoms with van der Waals surface area (Å²) in [5.74, 6) is -1.63. The van der Waals surface area contributed by atoms with Gasteiger partial charge >= 0.3 is 0 Å². The van der Waals surface area contributed by atoms with Crippen molar-refractivity contribution < 1.29 is 8.78 Å². The minimum atomic E-state index is -0.832. The van der Waals surface area contributed by atoms with E-state index in [-0.39, 0.29) is 5.56 Å². The van der Waals surface area contributed by atoms with Crippen LogP contribution in [-0.4, -0.2) is 0 Å². The second kappa shape index (κ2) is 6.98. The molecule has 2 aromatic rings. The van der Waals surface area contributed by atoms with E-state index in [1.54, 1.807) is 6.07 Å². The molecule has 0 amide bonds. The van der Waals surface area contributed by atoms with Crippen molar-refractivity contribution >= 4 is 15.9 Å². The maximum atomic E-state index is 13.8. The summed E-state index contributed by atoms with van der Waals surface area (Å²) >= 11 is 3.19. The van der Waals surface area contributed by atoms with Gasteiger partial charge in [-0.3, -0.25) is 0 Å². The predicted octanol–water partition coefficient (Wildman–Crippen LogP) is 6.13. The van der Waals surface area contributed by atoms with Crippen LogP contribution in [0.1, 0.15) is 31.7 Å². The summed E-state index contributed by atoms with van der Waals surface area (Å²) < 4.78 is 27.8. The Morgan fingerprint density at radius 3 is 2.35 bits per heavy atom. The lowest BCUT2D eigenvalue weighted by atomic mass is 10.0. The number of hydrogen-bond donors (Lipinski definition) is 0. The van der Waals surface area contributed by atoms with Crippen LogP contribution in [0.3, 0.4) is 0 Å². The Morgan fingerprint density at radius 1 is 1.00 bits per heavy atom. The number of aryl methyl sites for hydroxylation is 1. The van der Waals surface area contributed by atoms with Crippen LogP contribution in [0.25, 0.3) is 11.1 Å². The Morgan fingerprint density at radius 2 is 1.70 bits per heavy atom. The van der Waals surface area contributed by atoms with E-state index in [4.69, 9.17) is 0 Å². The van der Waals surface area contributed by atoms with Gasteiger partial charge in [-0.2, -0.15) is 0 Å². The van der Waals surface area contributed by atoms with Gasteiger partial charge in [-0.15, -0.1) is 0 Å². The van der Waals surface area contributed by atoms with Crippen LogP contribution >= 0.6 is 15.9 Å². The molecular formula is C17H17BrF2. The molecule has 2 aromatic carbocycles. The van der Waals surface area contributed by atoms with Crippen LogP contribution in [0, 0.1) is 11.6 Å². The lowest BCUT2D eigenvalue weighted by Gasteiger charge is -2.07. The maximum absolute atomic E-state index is 13.8. The zero-order valence-corrected chi connectivity index (χ0v) is 13.0. The number of unbranched alkanes of at least 4 members (excludes halogenated alkanes) is 2. The van der Waals surface area contributed by atoms with Gasteiger partial charge in [0.25, 0.3) is 0 Å². The van der Waals surface area contributed by atoms with Crippen LogP contribution in [0.15, 0.2) is 40.9 Å². The summed E-state index contributed by atoms with van der Waals surface area (Å²) in [6, 6.07) is 10.4. The number of rotatable bonds is 5. The van der Waals surface area contributed by atoms with Crippen LogP contribution in [-0.2, 0) is 6.42 Å². The van der Waals surface area contributed by atoms with E-state index in [1.165, 1.54) is 18.4 Å². The third-order valence-corrected chi connectivity index (χ3v) is 3.78. The molecule has 3 heteroatoms. The Balaban J connectivity index is 2.22. The molecule has 0 aliphatic heterocycles. The second-order valence-corrected chi connectivity index (χ2v) is 5.82. The molecule has 0 unspecified atom stereocenters. The lowest BCUT2D eigenvalue weighted by Crippen LogP contribution is -1.91. The van der Waals surface area contributed by atoms with Gasteiger partial charge in [-0.25, -0.2) is 8.78 Å². The molecule has 0 bridgehead atoms. The minimum absolute atomic E-state index is 0.289. The molecule has 0 fully saturated rings. The monoisotopic (exact) mass is 338 g/mol. The average molecular weight is 339 g/mol. The third kappa shape index (κ3) is 3.66. The highest BCUT2D eigenvalue weighted by Crippen LogP contribution is 2.28. The highest BCUT2D eigenvalue weighted by atomic mass is 79.9. The maximum Gasteiger partial charge on any atom is 0.166 e. The van der Waals surface area contributed by atoms with Gasteiger partial charge in [0, 0.05) is 10.0 Å². The fourth-order valence-corrected chi connectivity index (χ4v) is 2.63. The Labute approximate surface area is 127 Å². The molecule has 2 rings (SSSR count). The summed E-state index contributed by atoms with van der Waals surface area (Å²) in [6.45, 7) is 2.17. The van der Waals surface area contributed by atoms with E-state index >= 15 is 0 Å². The molecule has 0 N–H and O–H groups in total. The van der Waals surface area contributed by atoms with E-state index in [2.05, 4.69) is 22.9 Å². The molecule has 0 aromatic heterocycles. The van der Waals surface area contributed by atoms with Gasteiger partial charge < -0.3 is 0 Å². The topological polar surface area (TPSA) is 0 Å². The fourth-order valence-electron chi connectivity index (χ4n) is 2.20. The first-order valence-corrected chi connectivity index (χ1v) is 7.65. The lowest BCUT2D eigenvalue weighted by molar-refractivity contribution is 0.510. The van der Waals surface area contributed by atoms with Crippen molar-refractivity contribution in [2.24, 2.45) is 0 Å². The first kappa shape index (κ1) is 15.2. The average Bonchev–Trinajstić information content (AvgIpc) is 2.44. The first-order chi connectivity index (χ1) is 9.61. The molecule has 0 heterocycles. The fraction of sp³-hybridized carbons (Fsp3) is 0.294. The van der Waals surface area contributed by atoms with Crippen molar-refractivity contribution in [1.29, 1.82) is 0 Å². The summed E-state index contributed by atoms with van der Waals surface area (Å²) in [6.07, 6.45) is 4.60. The molecule has 20 heavy (non-hydrogen) atoms. The molecule has 0 atom stereocenters. The highest BCUT2D eigenvalue weighted by Gasteiger charge is 2.11. The number of hydrogen-bond acceptors (Lipinski definition) is 0. The summed E-state index contributed by atoms with van der Waals surface area (Å²) in [5, 5.41) is 0. The molecule has 0 aliphatic carbocycles. The molecular weight excluding hydrogens is 322 g/mol. The molecule has 0 saturated heterocycles. The van der Waals surface area contributed by atoms with Gasteiger partial charge in [-0.1, -0.05) is 60.0 Å². The minimum Gasteiger partial charge on any atom is -0.204 e.